The van der Waals surface area contributed by atoms with Gasteiger partial charge in [-0.05, 0) is 25.1 Å². The van der Waals surface area contributed by atoms with E-state index in [1.54, 1.807) is 36.1 Å². The molecule has 1 aromatic carbocycles. The number of nitrogens with zero attached hydrogens (tertiary/aromatic N) is 1. The summed E-state index contributed by atoms with van der Waals surface area (Å²) < 4.78 is 5.34. The first-order valence-electron chi connectivity index (χ1n) is 5.91. The van der Waals surface area contributed by atoms with Crippen LogP contribution in [0, 0.1) is 0 Å². The monoisotopic (exact) mass is 279 g/mol. The van der Waals surface area contributed by atoms with Gasteiger partial charge < -0.3 is 9.64 Å². The van der Waals surface area contributed by atoms with Crippen molar-refractivity contribution in [3.63, 3.8) is 0 Å². The maximum atomic E-state index is 11.9. The Morgan fingerprint density at radius 1 is 1.63 bits per heavy atom. The van der Waals surface area contributed by atoms with Crippen LogP contribution in [0.1, 0.15) is 17.3 Å². The number of hydrogen-bond donors (Lipinski definition) is 0. The first-order chi connectivity index (χ1) is 9.04. The molecule has 0 saturated carbocycles. The third-order valence-electron chi connectivity index (χ3n) is 2.86. The van der Waals surface area contributed by atoms with Gasteiger partial charge in [-0.2, -0.15) is 0 Å². The lowest BCUT2D eigenvalue weighted by Gasteiger charge is -2.28. The van der Waals surface area contributed by atoms with Gasteiger partial charge in [0.1, 0.15) is 5.75 Å². The van der Waals surface area contributed by atoms with Crippen LogP contribution in [0.5, 0.6) is 5.75 Å². The third-order valence-corrected chi connectivity index (χ3v) is 3.06. The summed E-state index contributed by atoms with van der Waals surface area (Å²) in [6, 6.07) is 4.98. The molecule has 100 valence electrons. The van der Waals surface area contributed by atoms with Crippen LogP contribution < -0.4 is 9.64 Å². The number of carbonyl (C=O) groups is 2. The lowest BCUT2D eigenvalue weighted by Crippen LogP contribution is -2.39. The predicted octanol–water partition coefficient (Wildman–Crippen LogP) is 2.41. The molecule has 1 heterocycles. The molecule has 5 heteroatoms. The summed E-state index contributed by atoms with van der Waals surface area (Å²) in [5, 5.41) is -0.605. The first-order valence-corrected chi connectivity index (χ1v) is 6.34. The van der Waals surface area contributed by atoms with E-state index in [0.717, 1.165) is 0 Å². The topological polar surface area (TPSA) is 46.6 Å². The first kappa shape index (κ1) is 13.6. The Bertz CT molecular complexity index is 539. The number of alkyl halides is 1. The van der Waals surface area contributed by atoms with E-state index >= 15 is 0 Å². The van der Waals surface area contributed by atoms with Crippen LogP contribution in [-0.2, 0) is 4.79 Å². The molecule has 1 aromatic rings. The van der Waals surface area contributed by atoms with Gasteiger partial charge in [0.05, 0.1) is 11.1 Å². The number of anilines is 1. The average Bonchev–Trinajstić information content (AvgIpc) is 2.40. The van der Waals surface area contributed by atoms with Gasteiger partial charge >= 0.3 is 0 Å². The molecule has 1 aliphatic rings. The molecule has 2 rings (SSSR count). The molecule has 1 unspecified atom stereocenters. The Morgan fingerprint density at radius 3 is 3.00 bits per heavy atom. The number of rotatable bonds is 4. The standard InChI is InChI=1S/C14H14ClNO3/c1-3-6-16-11-7-10(14(18)9(2)15)4-5-12(11)19-8-13(16)17/h3-5,7,9H,1,6,8H2,2H3. The predicted molar refractivity (Wildman–Crippen MR) is 74.1 cm³/mol. The van der Waals surface area contributed by atoms with Crippen molar-refractivity contribution in [1.82, 2.24) is 0 Å². The van der Waals surface area contributed by atoms with Gasteiger partial charge in [0.2, 0.25) is 0 Å². The fourth-order valence-electron chi connectivity index (χ4n) is 1.91. The Morgan fingerprint density at radius 2 is 2.37 bits per heavy atom. The number of ether oxygens (including phenoxy) is 1. The third kappa shape index (κ3) is 2.63. The molecule has 1 atom stereocenters. The Kier molecular flexibility index (Phi) is 3.90. The van der Waals surface area contributed by atoms with Crippen molar-refractivity contribution in [1.29, 1.82) is 0 Å². The summed E-state index contributed by atoms with van der Waals surface area (Å²) in [5.41, 5.74) is 1.05. The highest BCUT2D eigenvalue weighted by molar-refractivity contribution is 6.33. The van der Waals surface area contributed by atoms with Crippen molar-refractivity contribution in [2.24, 2.45) is 0 Å². The molecule has 0 radical (unpaired) electrons. The van der Waals surface area contributed by atoms with Crippen molar-refractivity contribution < 1.29 is 14.3 Å². The molecule has 0 aliphatic carbocycles. The lowest BCUT2D eigenvalue weighted by molar-refractivity contribution is -0.121. The summed E-state index contributed by atoms with van der Waals surface area (Å²) in [6.07, 6.45) is 1.63. The zero-order chi connectivity index (χ0) is 14.0. The number of amides is 1. The van der Waals surface area contributed by atoms with Gasteiger partial charge in [-0.1, -0.05) is 6.08 Å². The average molecular weight is 280 g/mol. The number of Topliss-reactive ketones (excluding diaryl/α,β-unsaturated/α-hetero) is 1. The van der Waals surface area contributed by atoms with Crippen LogP contribution in [0.25, 0.3) is 0 Å². The molecule has 4 nitrogen and oxygen atoms in total. The van der Waals surface area contributed by atoms with Crippen molar-refractivity contribution in [3.05, 3.63) is 36.4 Å². The molecular weight excluding hydrogens is 266 g/mol. The van der Waals surface area contributed by atoms with Crippen LogP contribution in [0.4, 0.5) is 5.69 Å². The van der Waals surface area contributed by atoms with Gasteiger partial charge in [-0.15, -0.1) is 18.2 Å². The van der Waals surface area contributed by atoms with Gasteiger partial charge in [-0.25, -0.2) is 0 Å². The van der Waals surface area contributed by atoms with Gasteiger partial charge in [0.25, 0.3) is 5.91 Å². The summed E-state index contributed by atoms with van der Waals surface area (Å²) in [5.74, 6) is 0.247. The largest absolute Gasteiger partial charge is 0.482 e. The number of hydrogen-bond acceptors (Lipinski definition) is 3. The normalized spacial score (nSPS) is 15.5. The van der Waals surface area contributed by atoms with E-state index in [9.17, 15) is 9.59 Å². The summed E-state index contributed by atoms with van der Waals surface area (Å²) >= 11 is 5.79. The number of benzene rings is 1. The minimum absolute atomic E-state index is 0.0000417. The molecule has 0 saturated heterocycles. The highest BCUT2D eigenvalue weighted by atomic mass is 35.5. The SMILES string of the molecule is C=CCN1C(=O)COc2ccc(C(=O)C(C)Cl)cc21. The molecule has 0 bridgehead atoms. The minimum Gasteiger partial charge on any atom is -0.482 e. The van der Waals surface area contributed by atoms with E-state index in [-0.39, 0.29) is 18.3 Å². The van der Waals surface area contributed by atoms with Crippen LogP contribution in [0.15, 0.2) is 30.9 Å². The van der Waals surface area contributed by atoms with E-state index in [4.69, 9.17) is 16.3 Å². The van der Waals surface area contributed by atoms with E-state index in [0.29, 0.717) is 23.5 Å². The highest BCUT2D eigenvalue weighted by Gasteiger charge is 2.26. The lowest BCUT2D eigenvalue weighted by atomic mass is 10.1. The van der Waals surface area contributed by atoms with Crippen LogP contribution in [-0.4, -0.2) is 30.2 Å². The Balaban J connectivity index is 2.44. The van der Waals surface area contributed by atoms with Crippen LogP contribution >= 0.6 is 11.6 Å². The number of carbonyl (C=O) groups excluding carboxylic acids is 2. The second-order valence-electron chi connectivity index (χ2n) is 4.24. The second kappa shape index (κ2) is 5.45. The molecule has 0 fully saturated rings. The smallest absolute Gasteiger partial charge is 0.265 e. The van der Waals surface area contributed by atoms with Crippen molar-refractivity contribution in [3.8, 4) is 5.75 Å². The fraction of sp³-hybridized carbons (Fsp3) is 0.286. The van der Waals surface area contributed by atoms with Gasteiger partial charge in [-0.3, -0.25) is 9.59 Å². The summed E-state index contributed by atoms with van der Waals surface area (Å²) in [4.78, 5) is 25.2. The zero-order valence-electron chi connectivity index (χ0n) is 10.6. The molecule has 1 aliphatic heterocycles. The van der Waals surface area contributed by atoms with Crippen molar-refractivity contribution in [2.45, 2.75) is 12.3 Å². The highest BCUT2D eigenvalue weighted by Crippen LogP contribution is 2.33. The Labute approximate surface area is 116 Å². The Hall–Kier alpha value is -1.81. The van der Waals surface area contributed by atoms with Gasteiger partial charge in [0, 0.05) is 12.1 Å². The molecule has 19 heavy (non-hydrogen) atoms. The van der Waals surface area contributed by atoms with Crippen molar-refractivity contribution in [2.75, 3.05) is 18.1 Å². The quantitative estimate of drug-likeness (QED) is 0.483. The van der Waals surface area contributed by atoms with Crippen LogP contribution in [0.2, 0.25) is 0 Å². The van der Waals surface area contributed by atoms with Crippen molar-refractivity contribution >= 4 is 29.0 Å². The maximum absolute atomic E-state index is 11.9. The van der Waals surface area contributed by atoms with E-state index in [1.807, 2.05) is 0 Å². The fourth-order valence-corrected chi connectivity index (χ4v) is 2.04. The van der Waals surface area contributed by atoms with E-state index < -0.39 is 5.38 Å². The maximum Gasteiger partial charge on any atom is 0.265 e. The zero-order valence-corrected chi connectivity index (χ0v) is 11.3. The van der Waals surface area contributed by atoms with Crippen LogP contribution in [0.3, 0.4) is 0 Å². The van der Waals surface area contributed by atoms with E-state index in [1.165, 1.54) is 0 Å². The molecule has 1 amide bonds. The molecule has 0 N–H and O–H groups in total. The minimum atomic E-state index is -0.605. The molecule has 0 aromatic heterocycles. The van der Waals surface area contributed by atoms with E-state index in [2.05, 4.69) is 6.58 Å². The number of ketones is 1. The number of halogens is 1. The molecule has 0 spiro atoms. The summed E-state index contributed by atoms with van der Waals surface area (Å²) in [7, 11) is 0. The number of fused-ring (bicyclic) bond motifs is 1. The second-order valence-corrected chi connectivity index (χ2v) is 4.90. The summed E-state index contributed by atoms with van der Waals surface area (Å²) in [6.45, 7) is 5.62. The van der Waals surface area contributed by atoms with Gasteiger partial charge in [0.15, 0.2) is 12.4 Å². The molecular formula is C14H14ClNO3.